The summed E-state index contributed by atoms with van der Waals surface area (Å²) in [6, 6.07) is 13.8. The van der Waals surface area contributed by atoms with Gasteiger partial charge in [0.25, 0.3) is 0 Å². The first-order valence-electron chi connectivity index (χ1n) is 8.53. The molecule has 1 amide bonds. The van der Waals surface area contributed by atoms with Crippen LogP contribution in [0.2, 0.25) is 0 Å². The van der Waals surface area contributed by atoms with Crippen molar-refractivity contribution in [1.29, 1.82) is 0 Å². The van der Waals surface area contributed by atoms with Gasteiger partial charge in [-0.1, -0.05) is 18.2 Å². The van der Waals surface area contributed by atoms with Crippen LogP contribution in [0.5, 0.6) is 17.2 Å². The van der Waals surface area contributed by atoms with Gasteiger partial charge >= 0.3 is 0 Å². The van der Waals surface area contributed by atoms with Crippen molar-refractivity contribution in [3.63, 3.8) is 0 Å². The maximum absolute atomic E-state index is 12.0. The first kappa shape index (κ1) is 17.1. The zero-order valence-corrected chi connectivity index (χ0v) is 14.4. The summed E-state index contributed by atoms with van der Waals surface area (Å²) >= 11 is 0. The van der Waals surface area contributed by atoms with Gasteiger partial charge in [-0.15, -0.1) is 0 Å². The normalized spacial score (nSPS) is 12.0. The van der Waals surface area contributed by atoms with Crippen LogP contribution in [-0.4, -0.2) is 26.4 Å². The van der Waals surface area contributed by atoms with Gasteiger partial charge in [0.2, 0.25) is 12.7 Å². The Hall–Kier alpha value is -2.69. The monoisotopic (exact) mass is 341 g/mol. The van der Waals surface area contributed by atoms with Gasteiger partial charge in [-0.2, -0.15) is 0 Å². The van der Waals surface area contributed by atoms with Gasteiger partial charge in [0.15, 0.2) is 11.5 Å². The minimum atomic E-state index is 0.0763. The van der Waals surface area contributed by atoms with E-state index in [1.165, 1.54) is 5.56 Å². The summed E-state index contributed by atoms with van der Waals surface area (Å²) in [4.78, 5) is 12.0. The van der Waals surface area contributed by atoms with Gasteiger partial charge in [0, 0.05) is 13.0 Å². The lowest BCUT2D eigenvalue weighted by atomic mass is 10.1. The number of nitrogens with one attached hydrogen (secondary N) is 1. The van der Waals surface area contributed by atoms with Crippen LogP contribution < -0.4 is 19.5 Å². The molecule has 0 spiro atoms. The second-order valence-corrected chi connectivity index (χ2v) is 5.99. The minimum Gasteiger partial charge on any atom is -0.497 e. The standard InChI is InChI=1S/C20H23NO4/c1-23-17-8-4-15(5-9-17)3-2-12-21-20(22)11-7-16-6-10-18-19(13-16)25-14-24-18/h4-6,8-10,13H,2-3,7,11-12,14H2,1H3,(H,21,22). The molecule has 0 bridgehead atoms. The third kappa shape index (κ3) is 4.89. The summed E-state index contributed by atoms with van der Waals surface area (Å²) in [6.07, 6.45) is 3.03. The number of carbonyl (C=O) groups is 1. The fourth-order valence-electron chi connectivity index (χ4n) is 2.76. The molecule has 5 nitrogen and oxygen atoms in total. The smallest absolute Gasteiger partial charge is 0.231 e. The van der Waals surface area contributed by atoms with Crippen LogP contribution >= 0.6 is 0 Å². The zero-order valence-electron chi connectivity index (χ0n) is 14.4. The number of aryl methyl sites for hydroxylation is 2. The molecule has 1 aliphatic rings. The third-order valence-electron chi connectivity index (χ3n) is 4.20. The van der Waals surface area contributed by atoms with E-state index in [-0.39, 0.29) is 12.7 Å². The van der Waals surface area contributed by atoms with Gasteiger partial charge in [-0.05, 0) is 54.7 Å². The summed E-state index contributed by atoms with van der Waals surface area (Å²) in [7, 11) is 1.66. The van der Waals surface area contributed by atoms with E-state index in [1.54, 1.807) is 7.11 Å². The molecule has 0 saturated carbocycles. The van der Waals surface area contributed by atoms with Crippen molar-refractivity contribution in [2.45, 2.75) is 25.7 Å². The molecule has 3 rings (SSSR count). The molecule has 1 heterocycles. The number of rotatable bonds is 8. The SMILES string of the molecule is COc1ccc(CCCNC(=O)CCc2ccc3c(c2)OCO3)cc1. The Balaban J connectivity index is 1.34. The van der Waals surface area contributed by atoms with Crippen molar-refractivity contribution in [2.75, 3.05) is 20.4 Å². The van der Waals surface area contributed by atoms with E-state index in [0.717, 1.165) is 35.7 Å². The topological polar surface area (TPSA) is 56.8 Å². The van der Waals surface area contributed by atoms with Gasteiger partial charge in [-0.3, -0.25) is 4.79 Å². The van der Waals surface area contributed by atoms with Crippen molar-refractivity contribution in [3.8, 4) is 17.2 Å². The van der Waals surface area contributed by atoms with Crippen LogP contribution in [0.15, 0.2) is 42.5 Å². The van der Waals surface area contributed by atoms with E-state index in [2.05, 4.69) is 17.4 Å². The van der Waals surface area contributed by atoms with Gasteiger partial charge in [-0.25, -0.2) is 0 Å². The Labute approximate surface area is 147 Å². The first-order valence-corrected chi connectivity index (χ1v) is 8.53. The molecule has 1 N–H and O–H groups in total. The van der Waals surface area contributed by atoms with Crippen LogP contribution in [0.1, 0.15) is 24.0 Å². The molecule has 0 aromatic heterocycles. The van der Waals surface area contributed by atoms with E-state index in [4.69, 9.17) is 14.2 Å². The van der Waals surface area contributed by atoms with Crippen molar-refractivity contribution >= 4 is 5.91 Å². The van der Waals surface area contributed by atoms with Gasteiger partial charge in [0.05, 0.1) is 7.11 Å². The summed E-state index contributed by atoms with van der Waals surface area (Å²) in [5, 5.41) is 2.98. The quantitative estimate of drug-likeness (QED) is 0.750. The number of amides is 1. The number of hydrogen-bond donors (Lipinski definition) is 1. The lowest BCUT2D eigenvalue weighted by molar-refractivity contribution is -0.121. The summed E-state index contributed by atoms with van der Waals surface area (Å²) in [5.41, 5.74) is 2.33. The number of hydrogen-bond acceptors (Lipinski definition) is 4. The molecule has 0 atom stereocenters. The lowest BCUT2D eigenvalue weighted by Crippen LogP contribution is -2.24. The summed E-state index contributed by atoms with van der Waals surface area (Å²) < 4.78 is 15.8. The van der Waals surface area contributed by atoms with E-state index < -0.39 is 0 Å². The zero-order chi connectivity index (χ0) is 17.5. The number of methoxy groups -OCH3 is 1. The third-order valence-corrected chi connectivity index (χ3v) is 4.20. The maximum Gasteiger partial charge on any atom is 0.231 e. The van der Waals surface area contributed by atoms with E-state index in [9.17, 15) is 4.79 Å². The molecule has 0 radical (unpaired) electrons. The summed E-state index contributed by atoms with van der Waals surface area (Å²) in [6.45, 7) is 0.958. The predicted molar refractivity (Wildman–Crippen MR) is 95.2 cm³/mol. The van der Waals surface area contributed by atoms with Crippen molar-refractivity contribution in [2.24, 2.45) is 0 Å². The number of ether oxygens (including phenoxy) is 3. The Morgan fingerprint density at radius 3 is 2.60 bits per heavy atom. The van der Waals surface area contributed by atoms with E-state index in [0.29, 0.717) is 19.4 Å². The van der Waals surface area contributed by atoms with Crippen LogP contribution in [0.25, 0.3) is 0 Å². The highest BCUT2D eigenvalue weighted by Crippen LogP contribution is 2.32. The van der Waals surface area contributed by atoms with Gasteiger partial charge in [0.1, 0.15) is 5.75 Å². The van der Waals surface area contributed by atoms with Gasteiger partial charge < -0.3 is 19.5 Å². The minimum absolute atomic E-state index is 0.0763. The van der Waals surface area contributed by atoms with Crippen molar-refractivity contribution < 1.29 is 19.0 Å². The van der Waals surface area contributed by atoms with E-state index >= 15 is 0 Å². The first-order chi connectivity index (χ1) is 12.2. The molecule has 5 heteroatoms. The van der Waals surface area contributed by atoms with Crippen molar-refractivity contribution in [1.82, 2.24) is 5.32 Å². The average Bonchev–Trinajstić information content (AvgIpc) is 3.12. The second-order valence-electron chi connectivity index (χ2n) is 5.99. The fourth-order valence-corrected chi connectivity index (χ4v) is 2.76. The Kier molecular flexibility index (Phi) is 5.77. The molecule has 2 aromatic rings. The number of fused-ring (bicyclic) bond motifs is 1. The van der Waals surface area contributed by atoms with E-state index in [1.807, 2.05) is 30.3 Å². The number of carbonyl (C=O) groups excluding carboxylic acids is 1. The van der Waals surface area contributed by atoms with Crippen LogP contribution in [-0.2, 0) is 17.6 Å². The molecule has 0 saturated heterocycles. The average molecular weight is 341 g/mol. The molecule has 2 aromatic carbocycles. The lowest BCUT2D eigenvalue weighted by Gasteiger charge is -2.07. The second kappa shape index (κ2) is 8.42. The van der Waals surface area contributed by atoms with Crippen LogP contribution in [0, 0.1) is 0 Å². The highest BCUT2D eigenvalue weighted by Gasteiger charge is 2.13. The molecule has 132 valence electrons. The molecule has 0 fully saturated rings. The maximum atomic E-state index is 12.0. The fraction of sp³-hybridized carbons (Fsp3) is 0.350. The Bertz CT molecular complexity index is 712. The molecule has 0 unspecified atom stereocenters. The van der Waals surface area contributed by atoms with Crippen molar-refractivity contribution in [3.05, 3.63) is 53.6 Å². The molecule has 25 heavy (non-hydrogen) atoms. The summed E-state index contributed by atoms with van der Waals surface area (Å²) in [5.74, 6) is 2.47. The number of benzene rings is 2. The molecule has 1 aliphatic heterocycles. The Morgan fingerprint density at radius 1 is 1.04 bits per heavy atom. The Morgan fingerprint density at radius 2 is 1.80 bits per heavy atom. The van der Waals surface area contributed by atoms with Crippen LogP contribution in [0.4, 0.5) is 0 Å². The highest BCUT2D eigenvalue weighted by molar-refractivity contribution is 5.76. The molecule has 0 aliphatic carbocycles. The van der Waals surface area contributed by atoms with Crippen LogP contribution in [0.3, 0.4) is 0 Å². The predicted octanol–water partition coefficient (Wildman–Crippen LogP) is 3.11. The molecular weight excluding hydrogens is 318 g/mol. The highest BCUT2D eigenvalue weighted by atomic mass is 16.7. The molecular formula is C20H23NO4. The largest absolute Gasteiger partial charge is 0.497 e.